The number of rotatable bonds is 4. The third-order valence-corrected chi connectivity index (χ3v) is 6.95. The second kappa shape index (κ2) is 8.72. The molecule has 2 atom stereocenters. The normalized spacial score (nSPS) is 17.9. The zero-order valence-electron chi connectivity index (χ0n) is 18.0. The van der Waals surface area contributed by atoms with Crippen molar-refractivity contribution in [2.45, 2.75) is 25.9 Å². The van der Waals surface area contributed by atoms with Crippen LogP contribution in [-0.2, 0) is 0 Å². The summed E-state index contributed by atoms with van der Waals surface area (Å²) >= 11 is 9.23. The molecule has 0 spiro atoms. The Morgan fingerprint density at radius 2 is 1.88 bits per heavy atom. The molecule has 1 saturated heterocycles. The quantitative estimate of drug-likeness (QED) is 0.291. The Labute approximate surface area is 205 Å². The molecule has 0 saturated carbocycles. The van der Waals surface area contributed by atoms with Crippen molar-refractivity contribution in [3.63, 3.8) is 0 Å². The molecule has 166 valence electrons. The summed E-state index contributed by atoms with van der Waals surface area (Å²) in [6, 6.07) is 20.1. The van der Waals surface area contributed by atoms with Gasteiger partial charge in [0.25, 0.3) is 0 Å². The van der Waals surface area contributed by atoms with E-state index in [4.69, 9.17) is 16.6 Å². The molecule has 0 bridgehead atoms. The fourth-order valence-electron chi connectivity index (χ4n) is 4.14. The molecule has 4 nitrogen and oxygen atoms in total. The van der Waals surface area contributed by atoms with E-state index >= 15 is 0 Å². The van der Waals surface area contributed by atoms with Crippen molar-refractivity contribution in [1.82, 2.24) is 10.3 Å². The SMILES string of the molecule is Cc1ccc(N2C(=S)N[C@@H](c3ccccn3)[C@@H]2c2ccc(-c3ccc(F)cc3Br)o2)cc1C. The van der Waals surface area contributed by atoms with E-state index in [1.54, 1.807) is 12.3 Å². The number of nitrogens with zero attached hydrogens (tertiary/aromatic N) is 2. The molecule has 33 heavy (non-hydrogen) atoms. The van der Waals surface area contributed by atoms with Gasteiger partial charge in [0.2, 0.25) is 0 Å². The number of benzene rings is 2. The average molecular weight is 522 g/mol. The molecule has 2 aromatic heterocycles. The molecule has 1 aliphatic heterocycles. The highest BCUT2D eigenvalue weighted by molar-refractivity contribution is 9.10. The van der Waals surface area contributed by atoms with Crippen LogP contribution in [0.2, 0.25) is 0 Å². The summed E-state index contributed by atoms with van der Waals surface area (Å²) < 4.78 is 20.6. The smallest absolute Gasteiger partial charge is 0.174 e. The van der Waals surface area contributed by atoms with Gasteiger partial charge in [0.05, 0.1) is 11.7 Å². The molecular weight excluding hydrogens is 501 g/mol. The topological polar surface area (TPSA) is 41.3 Å². The summed E-state index contributed by atoms with van der Waals surface area (Å²) in [6.07, 6.45) is 1.78. The molecular formula is C26H21BrFN3OS. The van der Waals surface area contributed by atoms with Crippen molar-refractivity contribution in [3.05, 3.63) is 106 Å². The first-order chi connectivity index (χ1) is 15.9. The van der Waals surface area contributed by atoms with Crippen LogP contribution in [0.15, 0.2) is 81.8 Å². The molecule has 5 rings (SSSR count). The van der Waals surface area contributed by atoms with Gasteiger partial charge in [-0.05, 0) is 108 Å². The summed E-state index contributed by atoms with van der Waals surface area (Å²) in [5.74, 6) is 1.08. The second-order valence-corrected chi connectivity index (χ2v) is 9.33. The largest absolute Gasteiger partial charge is 0.459 e. The third kappa shape index (κ3) is 4.07. The van der Waals surface area contributed by atoms with Crippen molar-refractivity contribution in [1.29, 1.82) is 0 Å². The minimum atomic E-state index is -0.307. The highest BCUT2D eigenvalue weighted by Crippen LogP contribution is 2.43. The zero-order valence-corrected chi connectivity index (χ0v) is 20.5. The third-order valence-electron chi connectivity index (χ3n) is 5.98. The summed E-state index contributed by atoms with van der Waals surface area (Å²) in [5, 5.41) is 4.06. The Morgan fingerprint density at radius 3 is 2.61 bits per heavy atom. The van der Waals surface area contributed by atoms with E-state index in [9.17, 15) is 4.39 Å². The van der Waals surface area contributed by atoms with Gasteiger partial charge in [-0.1, -0.05) is 12.1 Å². The van der Waals surface area contributed by atoms with Gasteiger partial charge in [0, 0.05) is 21.9 Å². The van der Waals surface area contributed by atoms with Crippen LogP contribution in [0, 0.1) is 19.7 Å². The van der Waals surface area contributed by atoms with Crippen LogP contribution >= 0.6 is 28.1 Å². The molecule has 1 aliphatic rings. The first kappa shape index (κ1) is 21.8. The summed E-state index contributed by atoms with van der Waals surface area (Å²) in [6.45, 7) is 4.18. The number of aryl methyl sites for hydroxylation is 2. The van der Waals surface area contributed by atoms with Gasteiger partial charge in [-0.15, -0.1) is 0 Å². The lowest BCUT2D eigenvalue weighted by Crippen LogP contribution is -2.29. The van der Waals surface area contributed by atoms with E-state index in [0.717, 1.165) is 22.7 Å². The van der Waals surface area contributed by atoms with E-state index < -0.39 is 0 Å². The van der Waals surface area contributed by atoms with Gasteiger partial charge in [-0.25, -0.2) is 4.39 Å². The number of pyridine rings is 1. The predicted octanol–water partition coefficient (Wildman–Crippen LogP) is 7.04. The Balaban J connectivity index is 1.61. The first-order valence-electron chi connectivity index (χ1n) is 10.6. The monoisotopic (exact) mass is 521 g/mol. The van der Waals surface area contributed by atoms with Crippen LogP contribution in [-0.4, -0.2) is 10.1 Å². The number of halogens is 2. The van der Waals surface area contributed by atoms with E-state index in [1.165, 1.54) is 23.3 Å². The highest BCUT2D eigenvalue weighted by Gasteiger charge is 2.42. The number of furan rings is 1. The maximum absolute atomic E-state index is 13.6. The molecule has 7 heteroatoms. The molecule has 2 aromatic carbocycles. The van der Waals surface area contributed by atoms with E-state index in [1.807, 2.05) is 30.3 Å². The minimum Gasteiger partial charge on any atom is -0.459 e. The molecule has 0 amide bonds. The Hall–Kier alpha value is -3.03. The van der Waals surface area contributed by atoms with Crippen LogP contribution in [0.5, 0.6) is 0 Å². The van der Waals surface area contributed by atoms with Gasteiger partial charge in [-0.2, -0.15) is 0 Å². The van der Waals surface area contributed by atoms with Crippen molar-refractivity contribution < 1.29 is 8.81 Å². The fourth-order valence-corrected chi connectivity index (χ4v) is 5.04. The number of hydrogen-bond donors (Lipinski definition) is 1. The van der Waals surface area contributed by atoms with Crippen LogP contribution < -0.4 is 10.2 Å². The molecule has 0 radical (unpaired) electrons. The van der Waals surface area contributed by atoms with Crippen LogP contribution in [0.3, 0.4) is 0 Å². The van der Waals surface area contributed by atoms with E-state index in [-0.39, 0.29) is 17.9 Å². The number of anilines is 1. The maximum atomic E-state index is 13.6. The standard InChI is InChI=1S/C26H21BrFN3OS/c1-15-6-8-18(13-16(15)2)31-25(24(30-26(31)33)21-5-3-4-12-29-21)23-11-10-22(32-23)19-9-7-17(28)14-20(19)27/h3-14,24-25H,1-2H3,(H,30,33)/t24-,25-/m0/s1. The number of hydrogen-bond acceptors (Lipinski definition) is 3. The number of thiocarbonyl (C=S) groups is 1. The molecule has 0 unspecified atom stereocenters. The van der Waals surface area contributed by atoms with Gasteiger partial charge in [-0.3, -0.25) is 4.98 Å². The lowest BCUT2D eigenvalue weighted by Gasteiger charge is -2.26. The summed E-state index contributed by atoms with van der Waals surface area (Å²) in [5.41, 5.74) is 5.04. The lowest BCUT2D eigenvalue weighted by molar-refractivity contribution is 0.439. The van der Waals surface area contributed by atoms with Gasteiger partial charge >= 0.3 is 0 Å². The van der Waals surface area contributed by atoms with Crippen molar-refractivity contribution in [3.8, 4) is 11.3 Å². The van der Waals surface area contributed by atoms with E-state index in [2.05, 4.69) is 63.2 Å². The van der Waals surface area contributed by atoms with Gasteiger partial charge in [0.15, 0.2) is 5.11 Å². The molecule has 1 N–H and O–H groups in total. The summed E-state index contributed by atoms with van der Waals surface area (Å²) in [4.78, 5) is 6.67. The molecule has 3 heterocycles. The Kier molecular flexibility index (Phi) is 5.76. The van der Waals surface area contributed by atoms with Crippen molar-refractivity contribution in [2.75, 3.05) is 4.90 Å². The van der Waals surface area contributed by atoms with Gasteiger partial charge < -0.3 is 14.6 Å². The molecule has 1 fully saturated rings. The lowest BCUT2D eigenvalue weighted by atomic mass is 10.0. The van der Waals surface area contributed by atoms with Crippen molar-refractivity contribution >= 4 is 38.9 Å². The van der Waals surface area contributed by atoms with E-state index in [0.29, 0.717) is 15.3 Å². The summed E-state index contributed by atoms with van der Waals surface area (Å²) in [7, 11) is 0. The molecule has 0 aliphatic carbocycles. The van der Waals surface area contributed by atoms with Crippen LogP contribution in [0.25, 0.3) is 11.3 Å². The average Bonchev–Trinajstić information content (AvgIpc) is 3.41. The minimum absolute atomic E-state index is 0.198. The number of nitrogens with one attached hydrogen (secondary N) is 1. The van der Waals surface area contributed by atoms with Gasteiger partial charge in [0.1, 0.15) is 23.4 Å². The highest BCUT2D eigenvalue weighted by atomic mass is 79.9. The second-order valence-electron chi connectivity index (χ2n) is 8.09. The fraction of sp³-hybridized carbons (Fsp3) is 0.154. The van der Waals surface area contributed by atoms with Crippen LogP contribution in [0.4, 0.5) is 10.1 Å². The zero-order chi connectivity index (χ0) is 23.1. The predicted molar refractivity (Wildman–Crippen MR) is 136 cm³/mol. The first-order valence-corrected chi connectivity index (χ1v) is 11.8. The Morgan fingerprint density at radius 1 is 1.03 bits per heavy atom. The van der Waals surface area contributed by atoms with Crippen LogP contribution in [0.1, 0.15) is 34.7 Å². The number of aromatic nitrogens is 1. The van der Waals surface area contributed by atoms with Crippen molar-refractivity contribution in [2.24, 2.45) is 0 Å². The Bertz CT molecular complexity index is 1340. The maximum Gasteiger partial charge on any atom is 0.174 e. The molecule has 4 aromatic rings.